The summed E-state index contributed by atoms with van der Waals surface area (Å²) < 4.78 is 5.05. The summed E-state index contributed by atoms with van der Waals surface area (Å²) in [6.45, 7) is 2.62. The van der Waals surface area contributed by atoms with E-state index in [0.717, 1.165) is 13.1 Å². The molecule has 2 rings (SSSR count). The van der Waals surface area contributed by atoms with Crippen LogP contribution in [0.5, 0.6) is 0 Å². The molecule has 2 atom stereocenters. The molecule has 0 spiro atoms. The highest BCUT2D eigenvalue weighted by molar-refractivity contribution is 5.40. The highest BCUT2D eigenvalue weighted by Gasteiger charge is 2.26. The van der Waals surface area contributed by atoms with Gasteiger partial charge in [-0.1, -0.05) is 24.3 Å². The van der Waals surface area contributed by atoms with Gasteiger partial charge in [-0.25, -0.2) is 0 Å². The van der Waals surface area contributed by atoms with Gasteiger partial charge in [-0.05, 0) is 24.6 Å². The van der Waals surface area contributed by atoms with Gasteiger partial charge in [-0.3, -0.25) is 0 Å². The van der Waals surface area contributed by atoms with Crippen molar-refractivity contribution in [3.8, 4) is 0 Å². The SMILES string of the molecule is COCC(N)CN(C)CC1Cc2ccccc21. The predicted octanol–water partition coefficient (Wildman–Crippen LogP) is 1.23. The quantitative estimate of drug-likeness (QED) is 0.804. The minimum absolute atomic E-state index is 0.111. The number of fused-ring (bicyclic) bond motifs is 1. The van der Waals surface area contributed by atoms with E-state index in [2.05, 4.69) is 36.2 Å². The van der Waals surface area contributed by atoms with Crippen LogP contribution in [0, 0.1) is 0 Å². The van der Waals surface area contributed by atoms with Gasteiger partial charge in [0.2, 0.25) is 0 Å². The third-order valence-corrected chi connectivity index (χ3v) is 3.42. The summed E-state index contributed by atoms with van der Waals surface area (Å²) >= 11 is 0. The van der Waals surface area contributed by atoms with E-state index in [4.69, 9.17) is 10.5 Å². The van der Waals surface area contributed by atoms with Crippen LogP contribution in [-0.4, -0.2) is 44.8 Å². The number of nitrogens with zero attached hydrogens (tertiary/aromatic N) is 1. The third kappa shape index (κ3) is 3.06. The van der Waals surface area contributed by atoms with Gasteiger partial charge in [0.05, 0.1) is 6.61 Å². The molecule has 1 aromatic carbocycles. The number of methoxy groups -OCH3 is 1. The number of likely N-dealkylation sites (N-methyl/N-ethyl adjacent to an activating group) is 1. The molecule has 3 nitrogen and oxygen atoms in total. The average molecular weight is 234 g/mol. The van der Waals surface area contributed by atoms with Crippen LogP contribution in [0.2, 0.25) is 0 Å². The molecule has 0 bridgehead atoms. The summed E-state index contributed by atoms with van der Waals surface area (Å²) in [5, 5.41) is 0. The minimum Gasteiger partial charge on any atom is -0.383 e. The molecule has 0 aliphatic heterocycles. The minimum atomic E-state index is 0.111. The van der Waals surface area contributed by atoms with Crippen LogP contribution in [0.4, 0.5) is 0 Å². The van der Waals surface area contributed by atoms with Crippen molar-refractivity contribution in [3.63, 3.8) is 0 Å². The lowest BCUT2D eigenvalue weighted by atomic mass is 9.77. The molecular weight excluding hydrogens is 212 g/mol. The van der Waals surface area contributed by atoms with Gasteiger partial charge >= 0.3 is 0 Å². The maximum absolute atomic E-state index is 5.95. The summed E-state index contributed by atoms with van der Waals surface area (Å²) in [5.41, 5.74) is 8.97. The number of ether oxygens (including phenoxy) is 1. The summed E-state index contributed by atoms with van der Waals surface area (Å²) in [6, 6.07) is 8.82. The van der Waals surface area contributed by atoms with E-state index in [1.54, 1.807) is 7.11 Å². The molecule has 2 unspecified atom stereocenters. The molecule has 94 valence electrons. The molecule has 0 fully saturated rings. The molecule has 2 N–H and O–H groups in total. The molecule has 0 saturated carbocycles. The molecule has 1 aliphatic rings. The Morgan fingerprint density at radius 2 is 2.24 bits per heavy atom. The van der Waals surface area contributed by atoms with Crippen molar-refractivity contribution in [2.75, 3.05) is 33.9 Å². The Kier molecular flexibility index (Phi) is 4.15. The molecule has 1 aromatic rings. The van der Waals surface area contributed by atoms with Crippen molar-refractivity contribution in [2.45, 2.75) is 18.4 Å². The van der Waals surface area contributed by atoms with Gasteiger partial charge in [0.25, 0.3) is 0 Å². The second kappa shape index (κ2) is 5.63. The van der Waals surface area contributed by atoms with E-state index >= 15 is 0 Å². The van der Waals surface area contributed by atoms with Crippen molar-refractivity contribution in [2.24, 2.45) is 5.73 Å². The summed E-state index contributed by atoms with van der Waals surface area (Å²) in [7, 11) is 3.83. The highest BCUT2D eigenvalue weighted by atomic mass is 16.5. The van der Waals surface area contributed by atoms with Gasteiger partial charge in [0.1, 0.15) is 0 Å². The van der Waals surface area contributed by atoms with Crippen molar-refractivity contribution in [3.05, 3.63) is 35.4 Å². The third-order valence-electron chi connectivity index (χ3n) is 3.42. The van der Waals surface area contributed by atoms with E-state index in [9.17, 15) is 0 Å². The lowest BCUT2D eigenvalue weighted by molar-refractivity contribution is 0.158. The monoisotopic (exact) mass is 234 g/mol. The zero-order valence-electron chi connectivity index (χ0n) is 10.7. The summed E-state index contributed by atoms with van der Waals surface area (Å²) in [6.07, 6.45) is 1.21. The standard InChI is InChI=1S/C14H22N2O/c1-16(9-13(15)10-17-2)8-12-7-11-5-3-4-6-14(11)12/h3-6,12-13H,7-10,15H2,1-2H3. The Bertz CT molecular complexity index is 367. The average Bonchev–Trinajstić information content (AvgIpc) is 2.26. The van der Waals surface area contributed by atoms with Crippen molar-refractivity contribution < 1.29 is 4.74 Å². The molecule has 0 saturated heterocycles. The molecule has 1 aliphatic carbocycles. The van der Waals surface area contributed by atoms with Gasteiger partial charge in [-0.2, -0.15) is 0 Å². The Morgan fingerprint density at radius 3 is 2.94 bits per heavy atom. The van der Waals surface area contributed by atoms with Crippen LogP contribution >= 0.6 is 0 Å². The first kappa shape index (κ1) is 12.6. The number of benzene rings is 1. The molecule has 0 heterocycles. The lowest BCUT2D eigenvalue weighted by Crippen LogP contribution is -2.41. The van der Waals surface area contributed by atoms with Crippen LogP contribution < -0.4 is 5.73 Å². The van der Waals surface area contributed by atoms with Crippen molar-refractivity contribution in [1.82, 2.24) is 4.90 Å². The second-order valence-electron chi connectivity index (χ2n) is 5.04. The Hall–Kier alpha value is -0.900. The van der Waals surface area contributed by atoms with Crippen LogP contribution in [0.1, 0.15) is 17.0 Å². The Morgan fingerprint density at radius 1 is 1.47 bits per heavy atom. The molecular formula is C14H22N2O. The van der Waals surface area contributed by atoms with Crippen molar-refractivity contribution in [1.29, 1.82) is 0 Å². The Balaban J connectivity index is 1.80. The van der Waals surface area contributed by atoms with Crippen LogP contribution in [-0.2, 0) is 11.2 Å². The van der Waals surface area contributed by atoms with E-state index in [0.29, 0.717) is 12.5 Å². The van der Waals surface area contributed by atoms with E-state index in [1.165, 1.54) is 17.5 Å². The van der Waals surface area contributed by atoms with E-state index < -0.39 is 0 Å². The van der Waals surface area contributed by atoms with Gasteiger partial charge in [0.15, 0.2) is 0 Å². The number of hydrogen-bond donors (Lipinski definition) is 1. The number of nitrogens with two attached hydrogens (primary N) is 1. The number of rotatable bonds is 6. The fourth-order valence-electron chi connectivity index (χ4n) is 2.64. The lowest BCUT2D eigenvalue weighted by Gasteiger charge is -2.34. The fraction of sp³-hybridized carbons (Fsp3) is 0.571. The van der Waals surface area contributed by atoms with Gasteiger partial charge in [-0.15, -0.1) is 0 Å². The predicted molar refractivity (Wildman–Crippen MR) is 70.2 cm³/mol. The zero-order valence-corrected chi connectivity index (χ0v) is 10.7. The Labute approximate surface area is 104 Å². The maximum Gasteiger partial charge on any atom is 0.0626 e. The van der Waals surface area contributed by atoms with E-state index in [1.807, 2.05) is 0 Å². The normalized spacial score (nSPS) is 19.9. The van der Waals surface area contributed by atoms with Crippen LogP contribution in [0.3, 0.4) is 0 Å². The topological polar surface area (TPSA) is 38.5 Å². The smallest absolute Gasteiger partial charge is 0.0626 e. The van der Waals surface area contributed by atoms with Crippen molar-refractivity contribution >= 4 is 0 Å². The molecule has 17 heavy (non-hydrogen) atoms. The summed E-state index contributed by atoms with van der Waals surface area (Å²) in [5.74, 6) is 0.686. The van der Waals surface area contributed by atoms with Gasteiger partial charge in [0, 0.05) is 32.2 Å². The molecule has 3 heteroatoms. The summed E-state index contributed by atoms with van der Waals surface area (Å²) in [4.78, 5) is 2.31. The first-order chi connectivity index (χ1) is 8.20. The molecule has 0 radical (unpaired) electrons. The fourth-order valence-corrected chi connectivity index (χ4v) is 2.64. The molecule has 0 aromatic heterocycles. The molecule has 0 amide bonds. The maximum atomic E-state index is 5.95. The highest BCUT2D eigenvalue weighted by Crippen LogP contribution is 2.34. The largest absolute Gasteiger partial charge is 0.383 e. The van der Waals surface area contributed by atoms with Crippen LogP contribution in [0.15, 0.2) is 24.3 Å². The first-order valence-corrected chi connectivity index (χ1v) is 6.21. The van der Waals surface area contributed by atoms with Crippen LogP contribution in [0.25, 0.3) is 0 Å². The first-order valence-electron chi connectivity index (χ1n) is 6.21. The van der Waals surface area contributed by atoms with Gasteiger partial charge < -0.3 is 15.4 Å². The number of hydrogen-bond acceptors (Lipinski definition) is 3. The van der Waals surface area contributed by atoms with E-state index in [-0.39, 0.29) is 6.04 Å². The zero-order chi connectivity index (χ0) is 12.3. The second-order valence-corrected chi connectivity index (χ2v) is 5.04.